The van der Waals surface area contributed by atoms with Crippen LogP contribution in [0, 0.1) is 5.82 Å². The summed E-state index contributed by atoms with van der Waals surface area (Å²) in [5, 5.41) is 5.51. The lowest BCUT2D eigenvalue weighted by Crippen LogP contribution is -2.52. The first-order chi connectivity index (χ1) is 15.1. The molecule has 156 valence electrons. The maximum absolute atomic E-state index is 13.1. The molecule has 2 aliphatic rings. The molecule has 0 spiro atoms. The molecular weight excluding hydrogens is 411 g/mol. The zero-order valence-corrected chi connectivity index (χ0v) is 17.5. The van der Waals surface area contributed by atoms with Crippen molar-refractivity contribution in [2.24, 2.45) is 0 Å². The van der Waals surface area contributed by atoms with Crippen molar-refractivity contribution in [2.45, 2.75) is 24.1 Å². The molecular formula is C25H21FN2O2S. The lowest BCUT2D eigenvalue weighted by atomic mass is 10.1. The Bertz CT molecular complexity index is 1160. The number of nitrogens with one attached hydrogen (secondary N) is 2. The number of benzene rings is 3. The number of anilines is 1. The summed E-state index contributed by atoms with van der Waals surface area (Å²) < 4.78 is 13.1. The van der Waals surface area contributed by atoms with Crippen LogP contribution in [0.4, 0.5) is 10.1 Å². The Morgan fingerprint density at radius 1 is 1.03 bits per heavy atom. The van der Waals surface area contributed by atoms with Crippen LogP contribution in [0.25, 0.3) is 11.1 Å². The molecule has 0 aromatic heterocycles. The Hall–Kier alpha value is -3.12. The highest BCUT2D eigenvalue weighted by atomic mass is 32.2. The SMILES string of the molecule is O=C(Nc1ccc2c(c1)Cc1ccccc1-2)C1CSC(Cc2ccc(F)cc2)C(=O)N1. The van der Waals surface area contributed by atoms with Gasteiger partial charge in [0.2, 0.25) is 11.8 Å². The summed E-state index contributed by atoms with van der Waals surface area (Å²) in [6.07, 6.45) is 1.37. The van der Waals surface area contributed by atoms with Gasteiger partial charge in [-0.15, -0.1) is 11.8 Å². The van der Waals surface area contributed by atoms with E-state index in [9.17, 15) is 14.0 Å². The summed E-state index contributed by atoms with van der Waals surface area (Å²) in [4.78, 5) is 25.3. The van der Waals surface area contributed by atoms with Gasteiger partial charge in [-0.25, -0.2) is 4.39 Å². The van der Waals surface area contributed by atoms with Crippen LogP contribution in [0.15, 0.2) is 66.7 Å². The van der Waals surface area contributed by atoms with Crippen molar-refractivity contribution in [3.05, 3.63) is 89.2 Å². The Labute approximate surface area is 184 Å². The first kappa shape index (κ1) is 19.8. The zero-order chi connectivity index (χ0) is 21.4. The maximum Gasteiger partial charge on any atom is 0.247 e. The van der Waals surface area contributed by atoms with E-state index in [0.29, 0.717) is 12.2 Å². The van der Waals surface area contributed by atoms with E-state index in [0.717, 1.165) is 17.7 Å². The molecule has 31 heavy (non-hydrogen) atoms. The molecule has 1 heterocycles. The van der Waals surface area contributed by atoms with Gasteiger partial charge in [0.1, 0.15) is 11.9 Å². The summed E-state index contributed by atoms with van der Waals surface area (Å²) in [6, 6.07) is 19.9. The minimum atomic E-state index is -0.576. The Morgan fingerprint density at radius 2 is 1.81 bits per heavy atom. The summed E-state index contributed by atoms with van der Waals surface area (Å²) in [7, 11) is 0. The molecule has 2 atom stereocenters. The molecule has 1 aliphatic heterocycles. The van der Waals surface area contributed by atoms with Crippen LogP contribution < -0.4 is 10.6 Å². The molecule has 2 unspecified atom stereocenters. The Balaban J connectivity index is 1.21. The van der Waals surface area contributed by atoms with Gasteiger partial charge in [0.25, 0.3) is 0 Å². The van der Waals surface area contributed by atoms with Crippen molar-refractivity contribution in [1.82, 2.24) is 5.32 Å². The number of carbonyl (C=O) groups excluding carboxylic acids is 2. The van der Waals surface area contributed by atoms with Gasteiger partial charge in [0.05, 0.1) is 5.25 Å². The van der Waals surface area contributed by atoms with Crippen LogP contribution >= 0.6 is 11.8 Å². The first-order valence-electron chi connectivity index (χ1n) is 10.3. The number of thioether (sulfide) groups is 1. The molecule has 3 aromatic carbocycles. The van der Waals surface area contributed by atoms with Gasteiger partial charge in [-0.2, -0.15) is 0 Å². The molecule has 3 aromatic rings. The predicted molar refractivity (Wildman–Crippen MR) is 122 cm³/mol. The highest BCUT2D eigenvalue weighted by Crippen LogP contribution is 2.37. The predicted octanol–water partition coefficient (Wildman–Crippen LogP) is 4.18. The third-order valence-corrected chi connectivity index (χ3v) is 7.09. The molecule has 2 amide bonds. The van der Waals surface area contributed by atoms with Crippen molar-refractivity contribution < 1.29 is 14.0 Å². The summed E-state index contributed by atoms with van der Waals surface area (Å²) in [6.45, 7) is 0. The van der Waals surface area contributed by atoms with Crippen LogP contribution in [0.5, 0.6) is 0 Å². The van der Waals surface area contributed by atoms with Crippen molar-refractivity contribution in [2.75, 3.05) is 11.1 Å². The molecule has 1 aliphatic carbocycles. The van der Waals surface area contributed by atoms with Gasteiger partial charge in [0.15, 0.2) is 0 Å². The molecule has 5 rings (SSSR count). The van der Waals surface area contributed by atoms with Gasteiger partial charge in [-0.1, -0.05) is 42.5 Å². The average molecular weight is 433 g/mol. The molecule has 0 radical (unpaired) electrons. The fourth-order valence-electron chi connectivity index (χ4n) is 4.17. The number of hydrogen-bond acceptors (Lipinski definition) is 3. The van der Waals surface area contributed by atoms with Crippen molar-refractivity contribution >= 4 is 29.3 Å². The molecule has 1 saturated heterocycles. The minimum absolute atomic E-state index is 0.162. The van der Waals surface area contributed by atoms with Gasteiger partial charge in [-0.3, -0.25) is 9.59 Å². The third-order valence-electron chi connectivity index (χ3n) is 5.79. The number of amides is 2. The first-order valence-corrected chi connectivity index (χ1v) is 11.3. The fraction of sp³-hybridized carbons (Fsp3) is 0.200. The van der Waals surface area contributed by atoms with E-state index in [1.54, 1.807) is 12.1 Å². The van der Waals surface area contributed by atoms with E-state index in [1.165, 1.54) is 46.1 Å². The normalized spacial score (nSPS) is 19.3. The van der Waals surface area contributed by atoms with Crippen molar-refractivity contribution in [3.8, 4) is 11.1 Å². The highest BCUT2D eigenvalue weighted by molar-refractivity contribution is 8.00. The molecule has 0 bridgehead atoms. The lowest BCUT2D eigenvalue weighted by Gasteiger charge is -2.28. The van der Waals surface area contributed by atoms with Crippen molar-refractivity contribution in [3.63, 3.8) is 0 Å². The second-order valence-electron chi connectivity index (χ2n) is 7.91. The van der Waals surface area contributed by atoms with Crippen LogP contribution in [-0.4, -0.2) is 28.9 Å². The zero-order valence-electron chi connectivity index (χ0n) is 16.7. The van der Waals surface area contributed by atoms with Crippen LogP contribution in [-0.2, 0) is 22.4 Å². The van der Waals surface area contributed by atoms with E-state index in [4.69, 9.17) is 0 Å². The number of carbonyl (C=O) groups is 2. The molecule has 1 fully saturated rings. The van der Waals surface area contributed by atoms with Crippen molar-refractivity contribution in [1.29, 1.82) is 0 Å². The summed E-state index contributed by atoms with van der Waals surface area (Å²) in [5.74, 6) is -0.168. The third kappa shape index (κ3) is 4.08. The standard InChI is InChI=1S/C25H21FN2O2S/c26-18-7-5-15(6-8-18)11-23-25(30)28-22(14-31-23)24(29)27-19-9-10-21-17(13-19)12-16-3-1-2-4-20(16)21/h1-10,13,22-23H,11-12,14H2,(H,27,29)(H,28,30). The van der Waals surface area contributed by atoms with Gasteiger partial charge in [-0.05, 0) is 64.9 Å². The number of halogens is 1. The summed E-state index contributed by atoms with van der Waals surface area (Å²) >= 11 is 1.46. The number of rotatable bonds is 4. The Morgan fingerprint density at radius 3 is 2.61 bits per heavy atom. The van der Waals surface area contributed by atoms with Crippen LogP contribution in [0.1, 0.15) is 16.7 Å². The van der Waals surface area contributed by atoms with E-state index < -0.39 is 6.04 Å². The quantitative estimate of drug-likeness (QED) is 0.509. The van der Waals surface area contributed by atoms with E-state index in [1.807, 2.05) is 30.3 Å². The minimum Gasteiger partial charge on any atom is -0.343 e. The second-order valence-corrected chi connectivity index (χ2v) is 9.14. The van der Waals surface area contributed by atoms with Gasteiger partial charge >= 0.3 is 0 Å². The lowest BCUT2D eigenvalue weighted by molar-refractivity contribution is -0.126. The van der Waals surface area contributed by atoms with Gasteiger partial charge < -0.3 is 10.6 Å². The highest BCUT2D eigenvalue weighted by Gasteiger charge is 2.32. The molecule has 0 saturated carbocycles. The van der Waals surface area contributed by atoms with E-state index in [-0.39, 0.29) is 22.9 Å². The smallest absolute Gasteiger partial charge is 0.247 e. The molecule has 6 heteroatoms. The molecule has 4 nitrogen and oxygen atoms in total. The van der Waals surface area contributed by atoms with Crippen LogP contribution in [0.3, 0.4) is 0 Å². The monoisotopic (exact) mass is 432 g/mol. The average Bonchev–Trinajstić information content (AvgIpc) is 3.14. The second kappa shape index (κ2) is 8.19. The fourth-order valence-corrected chi connectivity index (χ4v) is 5.36. The van der Waals surface area contributed by atoms with Crippen LogP contribution in [0.2, 0.25) is 0 Å². The topological polar surface area (TPSA) is 58.2 Å². The summed E-state index contributed by atoms with van der Waals surface area (Å²) in [5.41, 5.74) is 6.59. The number of hydrogen-bond donors (Lipinski definition) is 2. The van der Waals surface area contributed by atoms with E-state index >= 15 is 0 Å². The largest absolute Gasteiger partial charge is 0.343 e. The maximum atomic E-state index is 13.1. The molecule has 2 N–H and O–H groups in total. The van der Waals surface area contributed by atoms with E-state index in [2.05, 4.69) is 22.8 Å². The number of fused-ring (bicyclic) bond motifs is 3. The van der Waals surface area contributed by atoms with Gasteiger partial charge in [0, 0.05) is 11.4 Å². The Kier molecular flexibility index (Phi) is 5.24.